The minimum Gasteiger partial charge on any atom is -0.378 e. The second kappa shape index (κ2) is 3.56. The minimum absolute atomic E-state index is 0.148. The van der Waals surface area contributed by atoms with Crippen LogP contribution in [0.25, 0.3) is 0 Å². The quantitative estimate of drug-likeness (QED) is 0.635. The molecule has 0 aromatic carbocycles. The smallest absolute Gasteiger partial charge is 0.136 e. The highest BCUT2D eigenvalue weighted by Gasteiger charge is 2.32. The third-order valence-corrected chi connectivity index (χ3v) is 2.31. The van der Waals surface area contributed by atoms with Crippen LogP contribution in [0.4, 0.5) is 0 Å². The second-order valence-corrected chi connectivity index (χ2v) is 4.37. The van der Waals surface area contributed by atoms with Gasteiger partial charge in [0.1, 0.15) is 5.78 Å². The maximum absolute atomic E-state index is 11.3. The number of hydrogen-bond donors (Lipinski definition) is 0. The van der Waals surface area contributed by atoms with Crippen LogP contribution in [-0.4, -0.2) is 18.5 Å². The summed E-state index contributed by atoms with van der Waals surface area (Å²) in [4.78, 5) is 11.3. The lowest BCUT2D eigenvalue weighted by Crippen LogP contribution is -2.33. The molecule has 0 aliphatic heterocycles. The van der Waals surface area contributed by atoms with E-state index in [0.29, 0.717) is 18.8 Å². The zero-order chi connectivity index (χ0) is 9.19. The Hall–Kier alpha value is -0.370. The van der Waals surface area contributed by atoms with Crippen molar-refractivity contribution in [3.63, 3.8) is 0 Å². The second-order valence-electron chi connectivity index (χ2n) is 4.37. The van der Waals surface area contributed by atoms with Crippen LogP contribution in [-0.2, 0) is 9.53 Å². The molecule has 0 bridgehead atoms. The summed E-state index contributed by atoms with van der Waals surface area (Å²) in [6.07, 6.45) is 2.53. The van der Waals surface area contributed by atoms with E-state index in [2.05, 4.69) is 13.8 Å². The van der Waals surface area contributed by atoms with E-state index < -0.39 is 0 Å². The third kappa shape index (κ3) is 2.59. The van der Waals surface area contributed by atoms with Crippen LogP contribution in [0.5, 0.6) is 0 Å². The standard InChI is InChI=1S/C10H18O2/c1-4-12-9-5-8(11)6-10(2,3)7-9/h9H,4-7H2,1-3H3. The Morgan fingerprint density at radius 2 is 2.25 bits per heavy atom. The molecule has 1 aliphatic rings. The van der Waals surface area contributed by atoms with E-state index in [1.54, 1.807) is 0 Å². The highest BCUT2D eigenvalue weighted by molar-refractivity contribution is 5.80. The monoisotopic (exact) mass is 170 g/mol. The van der Waals surface area contributed by atoms with Crippen molar-refractivity contribution in [2.45, 2.75) is 46.1 Å². The zero-order valence-corrected chi connectivity index (χ0v) is 8.22. The molecule has 1 aliphatic carbocycles. The molecule has 0 spiro atoms. The average molecular weight is 170 g/mol. The van der Waals surface area contributed by atoms with Gasteiger partial charge in [-0.3, -0.25) is 4.79 Å². The molecule has 0 radical (unpaired) electrons. The summed E-state index contributed by atoms with van der Waals surface area (Å²) in [5.74, 6) is 0.352. The van der Waals surface area contributed by atoms with Gasteiger partial charge in [0, 0.05) is 19.4 Å². The summed E-state index contributed by atoms with van der Waals surface area (Å²) in [6.45, 7) is 6.96. The molecule has 0 amide bonds. The summed E-state index contributed by atoms with van der Waals surface area (Å²) in [5.41, 5.74) is 0.148. The molecule has 0 heterocycles. The van der Waals surface area contributed by atoms with E-state index in [1.165, 1.54) is 0 Å². The molecule has 1 atom stereocenters. The molecule has 12 heavy (non-hydrogen) atoms. The average Bonchev–Trinajstić information content (AvgIpc) is 1.82. The van der Waals surface area contributed by atoms with Crippen molar-refractivity contribution in [2.75, 3.05) is 6.61 Å². The maximum atomic E-state index is 11.3. The fourth-order valence-electron chi connectivity index (χ4n) is 1.97. The molecule has 1 fully saturated rings. The molecule has 0 N–H and O–H groups in total. The van der Waals surface area contributed by atoms with Crippen molar-refractivity contribution in [1.82, 2.24) is 0 Å². The van der Waals surface area contributed by atoms with Crippen molar-refractivity contribution in [3.8, 4) is 0 Å². The lowest BCUT2D eigenvalue weighted by atomic mass is 9.75. The van der Waals surface area contributed by atoms with Gasteiger partial charge in [0.25, 0.3) is 0 Å². The molecule has 2 nitrogen and oxygen atoms in total. The van der Waals surface area contributed by atoms with Crippen molar-refractivity contribution in [2.24, 2.45) is 5.41 Å². The summed E-state index contributed by atoms with van der Waals surface area (Å²) >= 11 is 0. The molecule has 2 heteroatoms. The Balaban J connectivity index is 2.51. The summed E-state index contributed by atoms with van der Waals surface area (Å²) < 4.78 is 5.47. The molecule has 0 aromatic rings. The van der Waals surface area contributed by atoms with Crippen LogP contribution < -0.4 is 0 Å². The van der Waals surface area contributed by atoms with E-state index in [1.807, 2.05) is 6.92 Å². The molecule has 0 aromatic heterocycles. The maximum Gasteiger partial charge on any atom is 0.136 e. The predicted molar refractivity (Wildman–Crippen MR) is 48.1 cm³/mol. The lowest BCUT2D eigenvalue weighted by Gasteiger charge is -2.33. The first-order valence-electron chi connectivity index (χ1n) is 4.67. The van der Waals surface area contributed by atoms with Crippen LogP contribution in [0, 0.1) is 5.41 Å². The predicted octanol–water partition coefficient (Wildman–Crippen LogP) is 2.17. The van der Waals surface area contributed by atoms with Crippen LogP contribution in [0.3, 0.4) is 0 Å². The SMILES string of the molecule is CCOC1CC(=O)CC(C)(C)C1. The largest absolute Gasteiger partial charge is 0.378 e. The zero-order valence-electron chi connectivity index (χ0n) is 8.22. The van der Waals surface area contributed by atoms with Crippen molar-refractivity contribution >= 4 is 5.78 Å². The van der Waals surface area contributed by atoms with E-state index in [0.717, 1.165) is 12.8 Å². The van der Waals surface area contributed by atoms with Crippen molar-refractivity contribution in [1.29, 1.82) is 0 Å². The highest BCUT2D eigenvalue weighted by Crippen LogP contribution is 2.34. The van der Waals surface area contributed by atoms with Gasteiger partial charge in [0.15, 0.2) is 0 Å². The molecular weight excluding hydrogens is 152 g/mol. The van der Waals surface area contributed by atoms with E-state index in [4.69, 9.17) is 4.74 Å². The van der Waals surface area contributed by atoms with E-state index in [9.17, 15) is 4.79 Å². The van der Waals surface area contributed by atoms with E-state index >= 15 is 0 Å². The van der Waals surface area contributed by atoms with Crippen LogP contribution in [0.1, 0.15) is 40.0 Å². The summed E-state index contributed by atoms with van der Waals surface area (Å²) in [7, 11) is 0. The number of ketones is 1. The minimum atomic E-state index is 0.148. The fraction of sp³-hybridized carbons (Fsp3) is 0.900. The number of rotatable bonds is 2. The molecule has 70 valence electrons. The van der Waals surface area contributed by atoms with Gasteiger partial charge in [-0.25, -0.2) is 0 Å². The Morgan fingerprint density at radius 3 is 2.75 bits per heavy atom. The first kappa shape index (κ1) is 9.72. The topological polar surface area (TPSA) is 26.3 Å². The van der Waals surface area contributed by atoms with Gasteiger partial charge in [0.2, 0.25) is 0 Å². The van der Waals surface area contributed by atoms with Crippen LogP contribution in [0.2, 0.25) is 0 Å². The van der Waals surface area contributed by atoms with Gasteiger partial charge in [-0.1, -0.05) is 13.8 Å². The van der Waals surface area contributed by atoms with Crippen molar-refractivity contribution < 1.29 is 9.53 Å². The number of Topliss-reactive ketones (excluding diaryl/α,β-unsaturated/α-hetero) is 1. The van der Waals surface area contributed by atoms with Gasteiger partial charge in [0.05, 0.1) is 6.10 Å². The number of carbonyl (C=O) groups excluding carboxylic acids is 1. The van der Waals surface area contributed by atoms with Gasteiger partial charge < -0.3 is 4.74 Å². The van der Waals surface area contributed by atoms with Gasteiger partial charge >= 0.3 is 0 Å². The van der Waals surface area contributed by atoms with Gasteiger partial charge in [-0.05, 0) is 18.8 Å². The number of hydrogen-bond acceptors (Lipinski definition) is 2. The van der Waals surface area contributed by atoms with Gasteiger partial charge in [-0.15, -0.1) is 0 Å². The van der Waals surface area contributed by atoms with Crippen LogP contribution in [0.15, 0.2) is 0 Å². The Kier molecular flexibility index (Phi) is 2.89. The van der Waals surface area contributed by atoms with E-state index in [-0.39, 0.29) is 11.5 Å². The Labute approximate surface area is 74.3 Å². The first-order valence-corrected chi connectivity index (χ1v) is 4.67. The summed E-state index contributed by atoms with van der Waals surface area (Å²) in [6, 6.07) is 0. The lowest BCUT2D eigenvalue weighted by molar-refractivity contribution is -0.129. The van der Waals surface area contributed by atoms with Crippen molar-refractivity contribution in [3.05, 3.63) is 0 Å². The molecule has 1 rings (SSSR count). The number of ether oxygens (including phenoxy) is 1. The molecule has 0 saturated heterocycles. The fourth-order valence-corrected chi connectivity index (χ4v) is 1.97. The Bertz CT molecular complexity index is 173. The summed E-state index contributed by atoms with van der Waals surface area (Å²) in [5, 5.41) is 0. The molecule has 1 unspecified atom stereocenters. The molecule has 1 saturated carbocycles. The Morgan fingerprint density at radius 1 is 1.58 bits per heavy atom. The first-order chi connectivity index (χ1) is 5.53. The van der Waals surface area contributed by atoms with Crippen LogP contribution >= 0.6 is 0 Å². The highest BCUT2D eigenvalue weighted by atomic mass is 16.5. The third-order valence-electron chi connectivity index (χ3n) is 2.31. The van der Waals surface area contributed by atoms with Gasteiger partial charge in [-0.2, -0.15) is 0 Å². The number of carbonyl (C=O) groups is 1. The normalized spacial score (nSPS) is 28.9. The molecular formula is C10H18O2.